The summed E-state index contributed by atoms with van der Waals surface area (Å²) in [5, 5.41) is 10.5. The van der Waals surface area contributed by atoms with Crippen LogP contribution < -0.4 is 5.73 Å². The highest BCUT2D eigenvalue weighted by Gasteiger charge is 2.19. The number of hydrogen-bond donors (Lipinski definition) is 1. The Morgan fingerprint density at radius 2 is 2.15 bits per heavy atom. The van der Waals surface area contributed by atoms with Crippen molar-refractivity contribution in [3.8, 4) is 10.4 Å². The van der Waals surface area contributed by atoms with Gasteiger partial charge in [0.05, 0.1) is 23.8 Å². The molecule has 0 saturated heterocycles. The van der Waals surface area contributed by atoms with Gasteiger partial charge in [0.15, 0.2) is 0 Å². The van der Waals surface area contributed by atoms with Crippen molar-refractivity contribution in [1.29, 1.82) is 0 Å². The third kappa shape index (κ3) is 2.45. The van der Waals surface area contributed by atoms with Gasteiger partial charge in [0, 0.05) is 16.5 Å². The minimum absolute atomic E-state index is 0.141. The molecule has 104 valence electrons. The van der Waals surface area contributed by atoms with Crippen LogP contribution in [0.1, 0.15) is 9.67 Å². The fraction of sp³-hybridized carbons (Fsp3) is 0.0833. The fourth-order valence-electron chi connectivity index (χ4n) is 1.61. The third-order valence-electron chi connectivity index (χ3n) is 2.56. The number of carbonyl (C=O) groups is 1. The van der Waals surface area contributed by atoms with Crippen LogP contribution in [0.2, 0.25) is 0 Å². The zero-order valence-electron chi connectivity index (χ0n) is 10.3. The lowest BCUT2D eigenvalue weighted by molar-refractivity contribution is -0.385. The van der Waals surface area contributed by atoms with Crippen LogP contribution in [-0.2, 0) is 4.74 Å². The summed E-state index contributed by atoms with van der Waals surface area (Å²) in [5.41, 5.74) is 5.64. The number of thiophene rings is 1. The van der Waals surface area contributed by atoms with Gasteiger partial charge in [-0.15, -0.1) is 11.3 Å². The quantitative estimate of drug-likeness (QED) is 0.534. The number of esters is 1. The predicted octanol–water partition coefficient (Wildman–Crippen LogP) is 2.83. The standard InChI is InChI=1S/C12H9FN2O4S/c1-19-12(16)11-9(14)5-10(20-11)7-3-2-6(15(17)18)4-8(7)13/h2-5H,14H2,1H3. The van der Waals surface area contributed by atoms with Crippen molar-refractivity contribution in [2.24, 2.45) is 0 Å². The van der Waals surface area contributed by atoms with Gasteiger partial charge in [0.2, 0.25) is 0 Å². The first-order valence-corrected chi connectivity index (χ1v) is 6.17. The Kier molecular flexibility index (Phi) is 3.66. The Morgan fingerprint density at radius 1 is 1.45 bits per heavy atom. The first-order valence-electron chi connectivity index (χ1n) is 5.36. The van der Waals surface area contributed by atoms with Gasteiger partial charge in [-0.3, -0.25) is 10.1 Å². The second-order valence-corrected chi connectivity index (χ2v) is 4.86. The maximum Gasteiger partial charge on any atom is 0.350 e. The molecule has 0 spiro atoms. The van der Waals surface area contributed by atoms with Crippen LogP contribution in [0, 0.1) is 15.9 Å². The molecule has 0 atom stereocenters. The van der Waals surface area contributed by atoms with E-state index in [2.05, 4.69) is 4.74 Å². The van der Waals surface area contributed by atoms with E-state index < -0.39 is 16.7 Å². The lowest BCUT2D eigenvalue weighted by atomic mass is 10.1. The van der Waals surface area contributed by atoms with Gasteiger partial charge >= 0.3 is 5.97 Å². The summed E-state index contributed by atoms with van der Waals surface area (Å²) in [6, 6.07) is 4.72. The molecule has 0 bridgehead atoms. The normalized spacial score (nSPS) is 10.3. The number of nitrogens with two attached hydrogens (primary N) is 1. The van der Waals surface area contributed by atoms with Gasteiger partial charge in [-0.05, 0) is 12.1 Å². The first-order chi connectivity index (χ1) is 9.43. The van der Waals surface area contributed by atoms with E-state index in [0.717, 1.165) is 17.4 Å². The summed E-state index contributed by atoms with van der Waals surface area (Å²) in [5.74, 6) is -1.36. The molecule has 0 amide bonds. The molecule has 0 saturated carbocycles. The molecule has 6 nitrogen and oxygen atoms in total. The van der Waals surface area contributed by atoms with Crippen molar-refractivity contribution in [3.63, 3.8) is 0 Å². The summed E-state index contributed by atoms with van der Waals surface area (Å²) in [7, 11) is 1.22. The van der Waals surface area contributed by atoms with Crippen molar-refractivity contribution in [2.75, 3.05) is 12.8 Å². The summed E-state index contributed by atoms with van der Waals surface area (Å²) < 4.78 is 18.4. The van der Waals surface area contributed by atoms with Crippen LogP contribution in [0.4, 0.5) is 15.8 Å². The Hall–Kier alpha value is -2.48. The monoisotopic (exact) mass is 296 g/mol. The van der Waals surface area contributed by atoms with Gasteiger partial charge < -0.3 is 10.5 Å². The van der Waals surface area contributed by atoms with Crippen molar-refractivity contribution < 1.29 is 18.8 Å². The lowest BCUT2D eigenvalue weighted by Gasteiger charge is -1.99. The molecular weight excluding hydrogens is 287 g/mol. The second kappa shape index (κ2) is 5.25. The van der Waals surface area contributed by atoms with Crippen molar-refractivity contribution in [3.05, 3.63) is 45.1 Å². The number of benzene rings is 1. The van der Waals surface area contributed by atoms with E-state index in [0.29, 0.717) is 4.88 Å². The van der Waals surface area contributed by atoms with Crippen LogP contribution in [0.3, 0.4) is 0 Å². The number of rotatable bonds is 3. The van der Waals surface area contributed by atoms with Crippen LogP contribution in [0.5, 0.6) is 0 Å². The van der Waals surface area contributed by atoms with Gasteiger partial charge in [-0.2, -0.15) is 0 Å². The Bertz CT molecular complexity index is 699. The minimum atomic E-state index is -0.753. The number of methoxy groups -OCH3 is 1. The maximum atomic E-state index is 13.9. The molecule has 0 aliphatic carbocycles. The number of nitrogens with zero attached hydrogens (tertiary/aromatic N) is 1. The van der Waals surface area contributed by atoms with Crippen LogP contribution in [0.25, 0.3) is 10.4 Å². The Labute approximate surface area is 116 Å². The first kappa shape index (κ1) is 13.9. The van der Waals surface area contributed by atoms with Gasteiger partial charge in [-0.25, -0.2) is 9.18 Å². The molecule has 0 aliphatic rings. The summed E-state index contributed by atoms with van der Waals surface area (Å²) in [6.07, 6.45) is 0. The van der Waals surface area contributed by atoms with E-state index in [9.17, 15) is 19.3 Å². The van der Waals surface area contributed by atoms with Gasteiger partial charge in [0.25, 0.3) is 5.69 Å². The van der Waals surface area contributed by atoms with Crippen LogP contribution >= 0.6 is 11.3 Å². The lowest BCUT2D eigenvalue weighted by Crippen LogP contribution is -2.00. The van der Waals surface area contributed by atoms with E-state index in [4.69, 9.17) is 5.73 Å². The number of nitro benzene ring substituents is 1. The summed E-state index contributed by atoms with van der Waals surface area (Å²) in [4.78, 5) is 21.9. The van der Waals surface area contributed by atoms with Crippen LogP contribution in [0.15, 0.2) is 24.3 Å². The summed E-state index contributed by atoms with van der Waals surface area (Å²) >= 11 is 0.964. The third-order valence-corrected chi connectivity index (χ3v) is 3.72. The molecule has 20 heavy (non-hydrogen) atoms. The highest BCUT2D eigenvalue weighted by molar-refractivity contribution is 7.18. The highest BCUT2D eigenvalue weighted by Crippen LogP contribution is 2.35. The molecule has 1 heterocycles. The molecule has 0 radical (unpaired) electrons. The van der Waals surface area contributed by atoms with E-state index in [1.807, 2.05) is 0 Å². The predicted molar refractivity (Wildman–Crippen MR) is 72.1 cm³/mol. The number of hydrogen-bond acceptors (Lipinski definition) is 6. The van der Waals surface area contributed by atoms with Gasteiger partial charge in [0.1, 0.15) is 10.7 Å². The molecule has 0 unspecified atom stereocenters. The molecule has 2 N–H and O–H groups in total. The zero-order valence-corrected chi connectivity index (χ0v) is 11.1. The molecule has 2 aromatic rings. The average molecular weight is 296 g/mol. The van der Waals surface area contributed by atoms with E-state index in [-0.39, 0.29) is 21.8 Å². The molecule has 1 aromatic heterocycles. The molecule has 2 rings (SSSR count). The number of halogens is 1. The van der Waals surface area contributed by atoms with Crippen molar-refractivity contribution in [2.45, 2.75) is 0 Å². The van der Waals surface area contributed by atoms with Crippen molar-refractivity contribution >= 4 is 28.7 Å². The molecule has 1 aromatic carbocycles. The Morgan fingerprint density at radius 3 is 2.70 bits per heavy atom. The van der Waals surface area contributed by atoms with Crippen LogP contribution in [-0.4, -0.2) is 18.0 Å². The number of nitro groups is 1. The summed E-state index contributed by atoms with van der Waals surface area (Å²) in [6.45, 7) is 0. The Balaban J connectivity index is 2.47. The zero-order chi connectivity index (χ0) is 14.9. The van der Waals surface area contributed by atoms with E-state index in [1.54, 1.807) is 0 Å². The number of non-ortho nitro benzene ring substituents is 1. The van der Waals surface area contributed by atoms with E-state index >= 15 is 0 Å². The number of anilines is 1. The molecule has 0 fully saturated rings. The van der Waals surface area contributed by atoms with E-state index in [1.165, 1.54) is 25.3 Å². The molecule has 8 heteroatoms. The smallest absolute Gasteiger partial charge is 0.350 e. The minimum Gasteiger partial charge on any atom is -0.465 e. The number of ether oxygens (including phenoxy) is 1. The number of carbonyl (C=O) groups excluding carboxylic acids is 1. The highest BCUT2D eigenvalue weighted by atomic mass is 32.1. The van der Waals surface area contributed by atoms with Crippen molar-refractivity contribution in [1.82, 2.24) is 0 Å². The average Bonchev–Trinajstić information content (AvgIpc) is 2.79. The fourth-order valence-corrected chi connectivity index (χ4v) is 2.63. The molecule has 0 aliphatic heterocycles. The van der Waals surface area contributed by atoms with Gasteiger partial charge in [-0.1, -0.05) is 0 Å². The second-order valence-electron chi connectivity index (χ2n) is 3.81. The number of nitrogen functional groups attached to an aromatic ring is 1. The largest absolute Gasteiger partial charge is 0.465 e. The maximum absolute atomic E-state index is 13.9. The molecular formula is C12H9FN2O4S. The SMILES string of the molecule is COC(=O)c1sc(-c2ccc([N+](=O)[O-])cc2F)cc1N. The topological polar surface area (TPSA) is 95.5 Å².